The van der Waals surface area contributed by atoms with Crippen molar-refractivity contribution >= 4 is 11.7 Å². The monoisotopic (exact) mass is 264 g/mol. The van der Waals surface area contributed by atoms with Gasteiger partial charge in [-0.15, -0.1) is 10.2 Å². The topological polar surface area (TPSA) is 87.1 Å². The van der Waals surface area contributed by atoms with E-state index in [9.17, 15) is 9.90 Å². The average Bonchev–Trinajstić information content (AvgIpc) is 2.89. The first-order chi connectivity index (χ1) is 9.19. The fraction of sp³-hybridized carbons (Fsp3) is 0.615. The van der Waals surface area contributed by atoms with E-state index in [4.69, 9.17) is 0 Å². The lowest BCUT2D eigenvalue weighted by Crippen LogP contribution is -2.39. The third-order valence-electron chi connectivity index (χ3n) is 3.49. The molecule has 0 spiro atoms. The number of hydrogen-bond acceptors (Lipinski definition) is 5. The normalized spacial score (nSPS) is 17.2. The maximum Gasteiger partial charge on any atom is 0.271 e. The van der Waals surface area contributed by atoms with E-state index in [1.807, 2.05) is 6.92 Å². The van der Waals surface area contributed by atoms with Gasteiger partial charge in [0.1, 0.15) is 5.82 Å². The van der Waals surface area contributed by atoms with Gasteiger partial charge < -0.3 is 15.7 Å². The Morgan fingerprint density at radius 2 is 2.11 bits per heavy atom. The molecule has 19 heavy (non-hydrogen) atoms. The predicted octanol–water partition coefficient (Wildman–Crippen LogP) is 0.943. The van der Waals surface area contributed by atoms with Crippen LogP contribution in [-0.4, -0.2) is 39.9 Å². The van der Waals surface area contributed by atoms with Crippen LogP contribution in [0.2, 0.25) is 0 Å². The highest BCUT2D eigenvalue weighted by Crippen LogP contribution is 2.31. The van der Waals surface area contributed by atoms with Gasteiger partial charge in [-0.25, -0.2) is 0 Å². The van der Waals surface area contributed by atoms with Crippen molar-refractivity contribution in [2.75, 3.05) is 18.5 Å². The summed E-state index contributed by atoms with van der Waals surface area (Å²) in [6, 6.07) is 3.37. The molecule has 1 amide bonds. The Morgan fingerprint density at radius 3 is 2.63 bits per heavy atom. The number of rotatable bonds is 5. The van der Waals surface area contributed by atoms with Gasteiger partial charge in [0.05, 0.1) is 12.1 Å². The van der Waals surface area contributed by atoms with Gasteiger partial charge in [-0.2, -0.15) is 0 Å². The number of aliphatic hydroxyl groups excluding tert-OH is 1. The summed E-state index contributed by atoms with van der Waals surface area (Å²) in [5, 5.41) is 23.3. The molecule has 0 aliphatic heterocycles. The van der Waals surface area contributed by atoms with Crippen LogP contribution in [0.5, 0.6) is 0 Å². The Morgan fingerprint density at radius 1 is 1.37 bits per heavy atom. The Labute approximate surface area is 112 Å². The molecule has 1 aliphatic rings. The van der Waals surface area contributed by atoms with Crippen LogP contribution in [0.4, 0.5) is 5.82 Å². The molecule has 0 bridgehead atoms. The molecule has 1 aliphatic carbocycles. The highest BCUT2D eigenvalue weighted by molar-refractivity contribution is 5.92. The lowest BCUT2D eigenvalue weighted by Gasteiger charge is -2.28. The molecule has 6 heteroatoms. The molecule has 0 radical (unpaired) electrons. The lowest BCUT2D eigenvalue weighted by molar-refractivity contribution is 0.0950. The molecule has 0 atom stereocenters. The molecule has 104 valence electrons. The summed E-state index contributed by atoms with van der Waals surface area (Å²) >= 11 is 0. The summed E-state index contributed by atoms with van der Waals surface area (Å²) in [4.78, 5) is 11.5. The largest absolute Gasteiger partial charge is 0.394 e. The van der Waals surface area contributed by atoms with E-state index in [2.05, 4.69) is 20.8 Å². The average molecular weight is 264 g/mol. The van der Waals surface area contributed by atoms with Crippen LogP contribution in [0.15, 0.2) is 12.1 Å². The number of carbonyl (C=O) groups excluding carboxylic acids is 1. The van der Waals surface area contributed by atoms with E-state index >= 15 is 0 Å². The van der Waals surface area contributed by atoms with E-state index in [1.165, 1.54) is 0 Å². The molecule has 0 unspecified atom stereocenters. The summed E-state index contributed by atoms with van der Waals surface area (Å²) in [6.07, 6.45) is 4.09. The fourth-order valence-corrected chi connectivity index (χ4v) is 2.42. The molecule has 0 aromatic carbocycles. The molecule has 6 nitrogen and oxygen atoms in total. The van der Waals surface area contributed by atoms with Gasteiger partial charge in [0.15, 0.2) is 5.69 Å². The number of nitrogens with one attached hydrogen (secondary N) is 2. The SMILES string of the molecule is CCNC(=O)c1ccc(NC2(CO)CCCC2)nn1. The Kier molecular flexibility index (Phi) is 4.31. The molecule has 1 aromatic rings. The summed E-state index contributed by atoms with van der Waals surface area (Å²) in [5.41, 5.74) is 0.0267. The second kappa shape index (κ2) is 5.97. The molecule has 3 N–H and O–H groups in total. The minimum absolute atomic E-state index is 0.0900. The minimum Gasteiger partial charge on any atom is -0.394 e. The second-order valence-corrected chi connectivity index (χ2v) is 4.93. The van der Waals surface area contributed by atoms with Gasteiger partial charge in [-0.3, -0.25) is 4.79 Å². The van der Waals surface area contributed by atoms with E-state index < -0.39 is 0 Å². The van der Waals surface area contributed by atoms with Crippen LogP contribution in [0.3, 0.4) is 0 Å². The summed E-state index contributed by atoms with van der Waals surface area (Å²) < 4.78 is 0. The quantitative estimate of drug-likeness (QED) is 0.737. The first-order valence-electron chi connectivity index (χ1n) is 6.70. The molecule has 1 heterocycles. The van der Waals surface area contributed by atoms with E-state index in [0.717, 1.165) is 25.7 Å². The van der Waals surface area contributed by atoms with Gasteiger partial charge in [0.2, 0.25) is 0 Å². The van der Waals surface area contributed by atoms with E-state index in [-0.39, 0.29) is 18.1 Å². The van der Waals surface area contributed by atoms with Crippen molar-refractivity contribution in [1.82, 2.24) is 15.5 Å². The predicted molar refractivity (Wildman–Crippen MR) is 71.9 cm³/mol. The molecule has 1 saturated carbocycles. The van der Waals surface area contributed by atoms with Crippen molar-refractivity contribution in [3.8, 4) is 0 Å². The minimum atomic E-state index is -0.276. The van der Waals surface area contributed by atoms with Crippen molar-refractivity contribution in [2.45, 2.75) is 38.1 Å². The summed E-state index contributed by atoms with van der Waals surface area (Å²) in [5.74, 6) is 0.378. The van der Waals surface area contributed by atoms with Crippen molar-refractivity contribution in [1.29, 1.82) is 0 Å². The van der Waals surface area contributed by atoms with Gasteiger partial charge >= 0.3 is 0 Å². The standard InChI is InChI=1S/C13H20N4O2/c1-2-14-12(19)10-5-6-11(17-16-10)15-13(9-18)7-3-4-8-13/h5-6,18H,2-4,7-9H2,1H3,(H,14,19)(H,15,17). The highest BCUT2D eigenvalue weighted by Gasteiger charge is 2.33. The highest BCUT2D eigenvalue weighted by atomic mass is 16.3. The van der Waals surface area contributed by atoms with E-state index in [1.54, 1.807) is 12.1 Å². The number of aliphatic hydroxyl groups is 1. The maximum absolute atomic E-state index is 11.5. The second-order valence-electron chi connectivity index (χ2n) is 4.93. The van der Waals surface area contributed by atoms with Gasteiger partial charge in [-0.1, -0.05) is 12.8 Å². The maximum atomic E-state index is 11.5. The van der Waals surface area contributed by atoms with Gasteiger partial charge in [0, 0.05) is 6.54 Å². The van der Waals surface area contributed by atoms with Crippen LogP contribution in [0.25, 0.3) is 0 Å². The Bertz CT molecular complexity index is 427. The number of hydrogen-bond donors (Lipinski definition) is 3. The molecular weight excluding hydrogens is 244 g/mol. The third kappa shape index (κ3) is 3.20. The molecular formula is C13H20N4O2. The van der Waals surface area contributed by atoms with Crippen molar-refractivity contribution < 1.29 is 9.90 Å². The molecule has 2 rings (SSSR count). The van der Waals surface area contributed by atoms with Crippen molar-refractivity contribution in [3.05, 3.63) is 17.8 Å². The van der Waals surface area contributed by atoms with Crippen molar-refractivity contribution in [3.63, 3.8) is 0 Å². The van der Waals surface area contributed by atoms with Crippen LogP contribution >= 0.6 is 0 Å². The Balaban J connectivity index is 2.04. The first kappa shape index (κ1) is 13.7. The Hall–Kier alpha value is -1.69. The smallest absolute Gasteiger partial charge is 0.271 e. The summed E-state index contributed by atoms with van der Waals surface area (Å²) in [6.45, 7) is 2.51. The van der Waals surface area contributed by atoms with Crippen molar-refractivity contribution in [2.24, 2.45) is 0 Å². The first-order valence-corrected chi connectivity index (χ1v) is 6.70. The van der Waals surface area contributed by atoms with Gasteiger partial charge in [-0.05, 0) is 31.9 Å². The van der Waals surface area contributed by atoms with Gasteiger partial charge in [0.25, 0.3) is 5.91 Å². The third-order valence-corrected chi connectivity index (χ3v) is 3.49. The zero-order valence-corrected chi connectivity index (χ0v) is 11.1. The van der Waals surface area contributed by atoms with Crippen LogP contribution < -0.4 is 10.6 Å². The molecule has 1 fully saturated rings. The summed E-state index contributed by atoms with van der Waals surface area (Å²) in [7, 11) is 0. The van der Waals surface area contributed by atoms with E-state index in [0.29, 0.717) is 18.1 Å². The zero-order chi connectivity index (χ0) is 13.7. The number of anilines is 1. The number of carbonyl (C=O) groups is 1. The number of nitrogens with zero attached hydrogens (tertiary/aromatic N) is 2. The zero-order valence-electron chi connectivity index (χ0n) is 11.1. The molecule has 1 aromatic heterocycles. The fourth-order valence-electron chi connectivity index (χ4n) is 2.42. The van der Waals surface area contributed by atoms with Crippen LogP contribution in [0.1, 0.15) is 43.1 Å². The van der Waals surface area contributed by atoms with Crippen LogP contribution in [-0.2, 0) is 0 Å². The number of amides is 1. The molecule has 0 saturated heterocycles. The van der Waals surface area contributed by atoms with Crippen LogP contribution in [0, 0.1) is 0 Å². The number of aromatic nitrogens is 2. The lowest BCUT2D eigenvalue weighted by atomic mass is 9.99.